The zero-order chi connectivity index (χ0) is 15.1. The van der Waals surface area contributed by atoms with Gasteiger partial charge in [0.25, 0.3) is 0 Å². The Bertz CT molecular complexity index is 630. The van der Waals surface area contributed by atoms with Crippen molar-refractivity contribution in [3.05, 3.63) is 53.6 Å². The Kier molecular flexibility index (Phi) is 5.05. The number of benzene rings is 2. The summed E-state index contributed by atoms with van der Waals surface area (Å²) in [6.45, 7) is 3.29. The Morgan fingerprint density at radius 3 is 2.52 bits per heavy atom. The van der Waals surface area contributed by atoms with Crippen molar-refractivity contribution in [2.24, 2.45) is 0 Å². The number of ether oxygens (including phenoxy) is 2. The lowest BCUT2D eigenvalue weighted by Crippen LogP contribution is -2.00. The van der Waals surface area contributed by atoms with Gasteiger partial charge >= 0.3 is 0 Å². The number of nitrogens with zero attached hydrogens (tertiary/aromatic N) is 1. The molecule has 0 unspecified atom stereocenters. The molecule has 0 aliphatic heterocycles. The van der Waals surface area contributed by atoms with Crippen molar-refractivity contribution in [1.29, 1.82) is 5.26 Å². The van der Waals surface area contributed by atoms with E-state index in [1.54, 1.807) is 13.2 Å². The number of nitrogens with one attached hydrogen (secondary N) is 1. The van der Waals surface area contributed by atoms with E-state index in [1.165, 1.54) is 0 Å². The Morgan fingerprint density at radius 1 is 1.14 bits per heavy atom. The first kappa shape index (κ1) is 14.7. The minimum atomic E-state index is 0.544. The number of rotatable bonds is 6. The van der Waals surface area contributed by atoms with Gasteiger partial charge in [-0.1, -0.05) is 6.07 Å². The first-order chi connectivity index (χ1) is 10.3. The van der Waals surface area contributed by atoms with Crippen molar-refractivity contribution in [2.75, 3.05) is 19.0 Å². The molecule has 2 aromatic rings. The molecule has 1 N–H and O–H groups in total. The van der Waals surface area contributed by atoms with E-state index in [1.807, 2.05) is 43.3 Å². The quantitative estimate of drug-likeness (QED) is 0.880. The van der Waals surface area contributed by atoms with Crippen LogP contribution in [0.5, 0.6) is 11.5 Å². The Balaban J connectivity index is 2.01. The fraction of sp³-hybridized carbons (Fsp3) is 0.235. The molecule has 4 nitrogen and oxygen atoms in total. The predicted octanol–water partition coefficient (Wildman–Crippen LogP) is 3.58. The van der Waals surface area contributed by atoms with Crippen molar-refractivity contribution in [3.8, 4) is 17.6 Å². The van der Waals surface area contributed by atoms with Gasteiger partial charge in [-0.2, -0.15) is 5.26 Å². The van der Waals surface area contributed by atoms with Crippen molar-refractivity contribution < 1.29 is 9.47 Å². The topological polar surface area (TPSA) is 54.3 Å². The lowest BCUT2D eigenvalue weighted by molar-refractivity contribution is 0.340. The molecule has 2 aromatic carbocycles. The van der Waals surface area contributed by atoms with Crippen LogP contribution in [0, 0.1) is 11.3 Å². The van der Waals surface area contributed by atoms with Gasteiger partial charge in [-0.15, -0.1) is 0 Å². The maximum absolute atomic E-state index is 8.96. The molecule has 4 heteroatoms. The van der Waals surface area contributed by atoms with Crippen LogP contribution in [0.4, 0.5) is 5.69 Å². The maximum Gasteiger partial charge on any atom is 0.136 e. The zero-order valence-electron chi connectivity index (χ0n) is 12.2. The average Bonchev–Trinajstić information content (AvgIpc) is 2.54. The molecular weight excluding hydrogens is 264 g/mol. The molecule has 0 heterocycles. The summed E-state index contributed by atoms with van der Waals surface area (Å²) in [7, 11) is 1.57. The normalized spacial score (nSPS) is 9.76. The summed E-state index contributed by atoms with van der Waals surface area (Å²) in [4.78, 5) is 0. The number of anilines is 1. The summed E-state index contributed by atoms with van der Waals surface area (Å²) in [5.74, 6) is 1.46. The molecule has 0 spiro atoms. The lowest BCUT2D eigenvalue weighted by atomic mass is 10.1. The van der Waals surface area contributed by atoms with Crippen LogP contribution in [-0.4, -0.2) is 13.7 Å². The van der Waals surface area contributed by atoms with Gasteiger partial charge in [-0.05, 0) is 48.9 Å². The standard InChI is InChI=1S/C17H18N2O2/c1-3-21-16-8-6-15(7-9-16)19-12-13-4-5-14(11-18)17(10-13)20-2/h4-10,19H,3,12H2,1-2H3. The number of nitriles is 1. The summed E-state index contributed by atoms with van der Waals surface area (Å²) < 4.78 is 10.6. The van der Waals surface area contributed by atoms with Crippen LogP contribution in [0.25, 0.3) is 0 Å². The van der Waals surface area contributed by atoms with Crippen molar-refractivity contribution in [3.63, 3.8) is 0 Å². The number of hydrogen-bond donors (Lipinski definition) is 1. The second-order valence-electron chi connectivity index (χ2n) is 4.46. The molecule has 0 saturated heterocycles. The Morgan fingerprint density at radius 2 is 1.90 bits per heavy atom. The SMILES string of the molecule is CCOc1ccc(NCc2ccc(C#N)c(OC)c2)cc1. The third-order valence-electron chi connectivity index (χ3n) is 3.05. The highest BCUT2D eigenvalue weighted by atomic mass is 16.5. The Hall–Kier alpha value is -2.67. The second kappa shape index (κ2) is 7.20. The smallest absolute Gasteiger partial charge is 0.136 e. The molecule has 0 amide bonds. The van der Waals surface area contributed by atoms with E-state index in [0.29, 0.717) is 24.5 Å². The lowest BCUT2D eigenvalue weighted by Gasteiger charge is -2.10. The minimum absolute atomic E-state index is 0.544. The molecular formula is C17H18N2O2. The summed E-state index contributed by atoms with van der Waals surface area (Å²) in [6, 6.07) is 15.5. The summed E-state index contributed by atoms with van der Waals surface area (Å²) in [6.07, 6.45) is 0. The molecule has 0 aliphatic rings. The predicted molar refractivity (Wildman–Crippen MR) is 82.6 cm³/mol. The first-order valence-electron chi connectivity index (χ1n) is 6.80. The highest BCUT2D eigenvalue weighted by Gasteiger charge is 2.03. The van der Waals surface area contributed by atoms with E-state index >= 15 is 0 Å². The van der Waals surface area contributed by atoms with E-state index in [9.17, 15) is 0 Å². The third kappa shape index (κ3) is 3.90. The maximum atomic E-state index is 8.96. The van der Waals surface area contributed by atoms with Gasteiger partial charge in [0.15, 0.2) is 0 Å². The van der Waals surface area contributed by atoms with Crippen LogP contribution in [0.3, 0.4) is 0 Å². The van der Waals surface area contributed by atoms with Crippen LogP contribution >= 0.6 is 0 Å². The summed E-state index contributed by atoms with van der Waals surface area (Å²) >= 11 is 0. The molecule has 0 aromatic heterocycles. The fourth-order valence-electron chi connectivity index (χ4n) is 1.98. The molecule has 2 rings (SSSR count). The van der Waals surface area contributed by atoms with Gasteiger partial charge in [0.1, 0.15) is 17.6 Å². The molecule has 21 heavy (non-hydrogen) atoms. The highest BCUT2D eigenvalue weighted by molar-refractivity contribution is 5.49. The number of hydrogen-bond acceptors (Lipinski definition) is 4. The van der Waals surface area contributed by atoms with Gasteiger partial charge in [-0.3, -0.25) is 0 Å². The van der Waals surface area contributed by atoms with Crippen LogP contribution < -0.4 is 14.8 Å². The second-order valence-corrected chi connectivity index (χ2v) is 4.46. The molecule has 0 bridgehead atoms. The zero-order valence-corrected chi connectivity index (χ0v) is 12.2. The van der Waals surface area contributed by atoms with E-state index < -0.39 is 0 Å². The molecule has 0 radical (unpaired) electrons. The van der Waals surface area contributed by atoms with E-state index in [4.69, 9.17) is 14.7 Å². The largest absolute Gasteiger partial charge is 0.495 e. The third-order valence-corrected chi connectivity index (χ3v) is 3.05. The Labute approximate surface area is 124 Å². The van der Waals surface area contributed by atoms with Gasteiger partial charge in [0.2, 0.25) is 0 Å². The number of methoxy groups -OCH3 is 1. The average molecular weight is 282 g/mol. The van der Waals surface area contributed by atoms with Crippen LogP contribution in [0.15, 0.2) is 42.5 Å². The van der Waals surface area contributed by atoms with Crippen molar-refractivity contribution in [1.82, 2.24) is 0 Å². The first-order valence-corrected chi connectivity index (χ1v) is 6.80. The molecule has 108 valence electrons. The molecule has 0 atom stereocenters. The van der Waals surface area contributed by atoms with Gasteiger partial charge in [0.05, 0.1) is 19.3 Å². The van der Waals surface area contributed by atoms with Gasteiger partial charge < -0.3 is 14.8 Å². The molecule has 0 aliphatic carbocycles. The van der Waals surface area contributed by atoms with Crippen LogP contribution in [0.1, 0.15) is 18.1 Å². The minimum Gasteiger partial charge on any atom is -0.495 e. The summed E-state index contributed by atoms with van der Waals surface area (Å²) in [5, 5.41) is 12.3. The van der Waals surface area contributed by atoms with E-state index in [-0.39, 0.29) is 0 Å². The van der Waals surface area contributed by atoms with Crippen molar-refractivity contribution in [2.45, 2.75) is 13.5 Å². The van der Waals surface area contributed by atoms with Gasteiger partial charge in [0, 0.05) is 12.2 Å². The van der Waals surface area contributed by atoms with Gasteiger partial charge in [-0.25, -0.2) is 0 Å². The monoisotopic (exact) mass is 282 g/mol. The van der Waals surface area contributed by atoms with E-state index in [0.717, 1.165) is 17.0 Å². The van der Waals surface area contributed by atoms with Crippen LogP contribution in [-0.2, 0) is 6.54 Å². The summed E-state index contributed by atoms with van der Waals surface area (Å²) in [5.41, 5.74) is 2.61. The molecule has 0 saturated carbocycles. The highest BCUT2D eigenvalue weighted by Crippen LogP contribution is 2.21. The molecule has 0 fully saturated rings. The van der Waals surface area contributed by atoms with Crippen molar-refractivity contribution >= 4 is 5.69 Å². The van der Waals surface area contributed by atoms with Crippen LogP contribution in [0.2, 0.25) is 0 Å². The van der Waals surface area contributed by atoms with E-state index in [2.05, 4.69) is 11.4 Å². The fourth-order valence-corrected chi connectivity index (χ4v) is 1.98.